The molecule has 0 aliphatic carbocycles. The highest BCUT2D eigenvalue weighted by molar-refractivity contribution is 6.31. The first-order valence-corrected chi connectivity index (χ1v) is 4.70. The lowest BCUT2D eigenvalue weighted by atomic mass is 10.0. The van der Waals surface area contributed by atoms with Gasteiger partial charge in [-0.3, -0.25) is 0 Å². The monoisotopic (exact) mass is 217 g/mol. The molecule has 3 N–H and O–H groups in total. The van der Waals surface area contributed by atoms with Crippen molar-refractivity contribution < 1.29 is 9.50 Å². The Balaban J connectivity index is 3.15. The van der Waals surface area contributed by atoms with Crippen molar-refractivity contribution in [2.75, 3.05) is 0 Å². The van der Waals surface area contributed by atoms with Crippen molar-refractivity contribution in [1.82, 2.24) is 0 Å². The minimum atomic E-state index is -0.933. The van der Waals surface area contributed by atoms with Gasteiger partial charge in [-0.1, -0.05) is 11.6 Å². The maximum Gasteiger partial charge on any atom is 0.126 e. The van der Waals surface area contributed by atoms with Crippen molar-refractivity contribution in [3.8, 4) is 0 Å². The molecule has 0 bridgehead atoms. The van der Waals surface area contributed by atoms with Crippen molar-refractivity contribution in [3.05, 3.63) is 34.1 Å². The van der Waals surface area contributed by atoms with E-state index < -0.39 is 12.1 Å². The molecule has 78 valence electrons. The van der Waals surface area contributed by atoms with Crippen LogP contribution in [-0.2, 0) is 0 Å². The molecule has 1 aromatic carbocycles. The van der Waals surface area contributed by atoms with Gasteiger partial charge in [0.05, 0.1) is 6.10 Å². The van der Waals surface area contributed by atoms with Crippen LogP contribution >= 0.6 is 11.6 Å². The molecule has 0 fully saturated rings. The molecule has 2 nitrogen and oxygen atoms in total. The highest BCUT2D eigenvalue weighted by Gasteiger charge is 2.17. The van der Waals surface area contributed by atoms with E-state index >= 15 is 0 Å². The molecule has 0 saturated carbocycles. The van der Waals surface area contributed by atoms with Crippen LogP contribution in [0, 0.1) is 12.7 Å². The third kappa shape index (κ3) is 2.23. The van der Waals surface area contributed by atoms with E-state index in [1.54, 1.807) is 13.8 Å². The molecular weight excluding hydrogens is 205 g/mol. The standard InChI is InChI=1S/C10H13ClFNO/c1-5-3-8(11)7(4-9(5)12)10(14)6(2)13/h3-4,6,10,14H,13H2,1-2H3/t6-,10-/m0/s1. The van der Waals surface area contributed by atoms with Crippen molar-refractivity contribution in [2.45, 2.75) is 26.0 Å². The Morgan fingerprint density at radius 1 is 1.50 bits per heavy atom. The molecule has 1 rings (SSSR count). The molecule has 0 saturated heterocycles. The van der Waals surface area contributed by atoms with Gasteiger partial charge in [0.25, 0.3) is 0 Å². The van der Waals surface area contributed by atoms with Crippen molar-refractivity contribution >= 4 is 11.6 Å². The molecule has 0 aliphatic heterocycles. The summed E-state index contributed by atoms with van der Waals surface area (Å²) in [6, 6.07) is 2.23. The summed E-state index contributed by atoms with van der Waals surface area (Å²) >= 11 is 5.86. The molecule has 0 spiro atoms. The Kier molecular flexibility index (Phi) is 3.48. The molecule has 0 aromatic heterocycles. The SMILES string of the molecule is Cc1cc(Cl)c([C@@H](O)[C@H](C)N)cc1F. The average Bonchev–Trinajstić information content (AvgIpc) is 2.10. The molecule has 0 amide bonds. The van der Waals surface area contributed by atoms with Gasteiger partial charge < -0.3 is 10.8 Å². The highest BCUT2D eigenvalue weighted by Crippen LogP contribution is 2.27. The van der Waals surface area contributed by atoms with Crippen LogP contribution in [0.4, 0.5) is 4.39 Å². The molecule has 4 heteroatoms. The predicted molar refractivity (Wildman–Crippen MR) is 54.8 cm³/mol. The zero-order valence-electron chi connectivity index (χ0n) is 8.09. The Morgan fingerprint density at radius 2 is 2.07 bits per heavy atom. The zero-order chi connectivity index (χ0) is 10.9. The number of nitrogens with two attached hydrogens (primary N) is 1. The molecule has 0 heterocycles. The van der Waals surface area contributed by atoms with Crippen LogP contribution in [0.2, 0.25) is 5.02 Å². The summed E-state index contributed by atoms with van der Waals surface area (Å²) in [4.78, 5) is 0. The first-order chi connectivity index (χ1) is 6.43. The summed E-state index contributed by atoms with van der Waals surface area (Å²) in [7, 11) is 0. The molecule has 14 heavy (non-hydrogen) atoms. The van der Waals surface area contributed by atoms with Crippen molar-refractivity contribution in [3.63, 3.8) is 0 Å². The fourth-order valence-corrected chi connectivity index (χ4v) is 1.50. The lowest BCUT2D eigenvalue weighted by molar-refractivity contribution is 0.153. The third-order valence-electron chi connectivity index (χ3n) is 2.09. The predicted octanol–water partition coefficient (Wildman–Crippen LogP) is 2.17. The van der Waals surface area contributed by atoms with E-state index in [0.717, 1.165) is 0 Å². The third-order valence-corrected chi connectivity index (χ3v) is 2.42. The van der Waals surface area contributed by atoms with Crippen molar-refractivity contribution in [1.29, 1.82) is 0 Å². The van der Waals surface area contributed by atoms with E-state index in [4.69, 9.17) is 17.3 Å². The second kappa shape index (κ2) is 4.26. The lowest BCUT2D eigenvalue weighted by Crippen LogP contribution is -2.24. The van der Waals surface area contributed by atoms with Gasteiger partial charge in [0.1, 0.15) is 5.82 Å². The zero-order valence-corrected chi connectivity index (χ0v) is 8.85. The van der Waals surface area contributed by atoms with E-state index in [-0.39, 0.29) is 5.82 Å². The second-order valence-electron chi connectivity index (χ2n) is 3.43. The van der Waals surface area contributed by atoms with Gasteiger partial charge in [0.2, 0.25) is 0 Å². The minimum absolute atomic E-state index is 0.338. The largest absolute Gasteiger partial charge is 0.387 e. The van der Waals surface area contributed by atoms with Crippen LogP contribution in [-0.4, -0.2) is 11.1 Å². The average molecular weight is 218 g/mol. The number of aliphatic hydroxyl groups excluding tert-OH is 1. The maximum absolute atomic E-state index is 13.2. The quantitative estimate of drug-likeness (QED) is 0.798. The Labute approximate surface area is 87.5 Å². The molecule has 2 atom stereocenters. The molecule has 0 unspecified atom stereocenters. The second-order valence-corrected chi connectivity index (χ2v) is 3.83. The van der Waals surface area contributed by atoms with Gasteiger partial charge in [0.15, 0.2) is 0 Å². The van der Waals surface area contributed by atoms with Gasteiger partial charge >= 0.3 is 0 Å². The highest BCUT2D eigenvalue weighted by atomic mass is 35.5. The number of aliphatic hydroxyl groups is 1. The molecule has 0 aliphatic rings. The van der Waals surface area contributed by atoms with Gasteiger partial charge in [-0.05, 0) is 31.5 Å². The van der Waals surface area contributed by atoms with E-state index in [1.807, 2.05) is 0 Å². The smallest absolute Gasteiger partial charge is 0.126 e. The summed E-state index contributed by atoms with van der Waals surface area (Å²) in [5.74, 6) is -0.385. The first-order valence-electron chi connectivity index (χ1n) is 4.32. The summed E-state index contributed by atoms with van der Waals surface area (Å²) in [6.45, 7) is 3.25. The lowest BCUT2D eigenvalue weighted by Gasteiger charge is -2.16. The topological polar surface area (TPSA) is 46.2 Å². The van der Waals surface area contributed by atoms with E-state index in [1.165, 1.54) is 12.1 Å². The van der Waals surface area contributed by atoms with Gasteiger partial charge in [-0.15, -0.1) is 0 Å². The van der Waals surface area contributed by atoms with Crippen molar-refractivity contribution in [2.24, 2.45) is 5.73 Å². The summed E-state index contributed by atoms with van der Waals surface area (Å²) in [5, 5.41) is 9.96. The summed E-state index contributed by atoms with van der Waals surface area (Å²) in [5.41, 5.74) is 6.29. The molecule has 0 radical (unpaired) electrons. The van der Waals surface area contributed by atoms with Crippen LogP contribution in [0.25, 0.3) is 0 Å². The summed E-state index contributed by atoms with van der Waals surface area (Å²) < 4.78 is 13.2. The number of benzene rings is 1. The fraction of sp³-hybridized carbons (Fsp3) is 0.400. The van der Waals surface area contributed by atoms with Crippen LogP contribution < -0.4 is 5.73 Å². The fourth-order valence-electron chi connectivity index (χ4n) is 1.17. The number of hydrogen-bond acceptors (Lipinski definition) is 2. The van der Waals surface area contributed by atoms with Gasteiger partial charge in [-0.2, -0.15) is 0 Å². The van der Waals surface area contributed by atoms with Crippen LogP contribution in [0.1, 0.15) is 24.2 Å². The molecular formula is C10H13ClFNO. The van der Waals surface area contributed by atoms with E-state index in [2.05, 4.69) is 0 Å². The van der Waals surface area contributed by atoms with E-state index in [9.17, 15) is 9.50 Å². The number of hydrogen-bond donors (Lipinski definition) is 2. The Hall–Kier alpha value is -0.640. The Bertz CT molecular complexity index is 341. The number of aryl methyl sites for hydroxylation is 1. The van der Waals surface area contributed by atoms with Crippen LogP contribution in [0.15, 0.2) is 12.1 Å². The minimum Gasteiger partial charge on any atom is -0.387 e. The molecule has 1 aromatic rings. The number of rotatable bonds is 2. The van der Waals surface area contributed by atoms with Crippen LogP contribution in [0.3, 0.4) is 0 Å². The normalized spacial score (nSPS) is 15.3. The summed E-state index contributed by atoms with van der Waals surface area (Å²) in [6.07, 6.45) is -0.933. The Morgan fingerprint density at radius 3 is 2.57 bits per heavy atom. The number of halogens is 2. The van der Waals surface area contributed by atoms with Gasteiger partial charge in [-0.25, -0.2) is 4.39 Å². The maximum atomic E-state index is 13.2. The van der Waals surface area contributed by atoms with Crippen LogP contribution in [0.5, 0.6) is 0 Å². The van der Waals surface area contributed by atoms with Gasteiger partial charge in [0, 0.05) is 16.6 Å². The van der Waals surface area contributed by atoms with E-state index in [0.29, 0.717) is 16.1 Å². The first kappa shape index (κ1) is 11.4.